The van der Waals surface area contributed by atoms with E-state index in [1.807, 2.05) is 26.0 Å². The van der Waals surface area contributed by atoms with Crippen LogP contribution in [0.1, 0.15) is 29.5 Å². The van der Waals surface area contributed by atoms with Gasteiger partial charge in [-0.05, 0) is 43.9 Å². The minimum absolute atomic E-state index is 0.00239. The number of thiophene rings is 1. The van der Waals surface area contributed by atoms with Crippen LogP contribution in [-0.2, 0) is 9.59 Å². The maximum atomic E-state index is 12.2. The molecule has 108 valence electrons. The number of carbonyl (C=O) groups is 2. The van der Waals surface area contributed by atoms with Crippen LogP contribution in [0.2, 0.25) is 0 Å². The Bertz CT molecular complexity index is 535. The third kappa shape index (κ3) is 3.28. The zero-order valence-electron chi connectivity index (χ0n) is 11.7. The fourth-order valence-corrected chi connectivity index (χ4v) is 3.38. The van der Waals surface area contributed by atoms with E-state index in [9.17, 15) is 14.7 Å². The van der Waals surface area contributed by atoms with Gasteiger partial charge >= 0.3 is 5.97 Å². The van der Waals surface area contributed by atoms with Crippen LogP contribution in [0.5, 0.6) is 0 Å². The molecule has 1 aliphatic rings. The summed E-state index contributed by atoms with van der Waals surface area (Å²) >= 11 is 1.61. The molecule has 1 amide bonds. The highest BCUT2D eigenvalue weighted by Crippen LogP contribution is 2.24. The molecule has 2 unspecified atom stereocenters. The molecule has 1 aromatic heterocycles. The number of rotatable bonds is 3. The Labute approximate surface area is 122 Å². The first-order chi connectivity index (χ1) is 9.49. The Hall–Kier alpha value is -1.62. The SMILES string of the molecule is Cc1ccc(/C=C/C(=O)N2CCCC(C)C2C(=O)O)s1. The first-order valence-electron chi connectivity index (χ1n) is 6.77. The molecule has 2 heterocycles. The van der Waals surface area contributed by atoms with Crippen molar-refractivity contribution in [3.8, 4) is 0 Å². The maximum absolute atomic E-state index is 12.2. The summed E-state index contributed by atoms with van der Waals surface area (Å²) in [4.78, 5) is 27.2. The monoisotopic (exact) mass is 293 g/mol. The van der Waals surface area contributed by atoms with Crippen LogP contribution < -0.4 is 0 Å². The second-order valence-electron chi connectivity index (χ2n) is 5.22. The summed E-state index contributed by atoms with van der Waals surface area (Å²) in [6.45, 7) is 4.43. The molecule has 0 spiro atoms. The summed E-state index contributed by atoms with van der Waals surface area (Å²) in [7, 11) is 0. The minimum Gasteiger partial charge on any atom is -0.480 e. The van der Waals surface area contributed by atoms with Gasteiger partial charge in [0.15, 0.2) is 0 Å². The van der Waals surface area contributed by atoms with Gasteiger partial charge in [-0.25, -0.2) is 4.79 Å². The molecule has 1 aliphatic heterocycles. The minimum atomic E-state index is -0.911. The van der Waals surface area contributed by atoms with Gasteiger partial charge in [-0.15, -0.1) is 11.3 Å². The summed E-state index contributed by atoms with van der Waals surface area (Å²) < 4.78 is 0. The van der Waals surface area contributed by atoms with Crippen LogP contribution in [0.4, 0.5) is 0 Å². The molecule has 0 radical (unpaired) electrons. The lowest BCUT2D eigenvalue weighted by Gasteiger charge is -2.36. The fourth-order valence-electron chi connectivity index (χ4n) is 2.60. The lowest BCUT2D eigenvalue weighted by atomic mass is 9.90. The fraction of sp³-hybridized carbons (Fsp3) is 0.467. The lowest BCUT2D eigenvalue weighted by molar-refractivity contribution is -0.152. The van der Waals surface area contributed by atoms with E-state index in [1.54, 1.807) is 17.4 Å². The van der Waals surface area contributed by atoms with Gasteiger partial charge in [0, 0.05) is 22.4 Å². The molecule has 2 atom stereocenters. The van der Waals surface area contributed by atoms with Crippen LogP contribution in [0.15, 0.2) is 18.2 Å². The second kappa shape index (κ2) is 6.22. The summed E-state index contributed by atoms with van der Waals surface area (Å²) in [6, 6.07) is 3.25. The largest absolute Gasteiger partial charge is 0.480 e. The van der Waals surface area contributed by atoms with Crippen molar-refractivity contribution in [1.82, 2.24) is 4.90 Å². The van der Waals surface area contributed by atoms with Gasteiger partial charge in [0.1, 0.15) is 6.04 Å². The van der Waals surface area contributed by atoms with E-state index >= 15 is 0 Å². The van der Waals surface area contributed by atoms with Crippen molar-refractivity contribution in [3.63, 3.8) is 0 Å². The quantitative estimate of drug-likeness (QED) is 0.872. The first-order valence-corrected chi connectivity index (χ1v) is 7.58. The third-order valence-corrected chi connectivity index (χ3v) is 4.59. The Morgan fingerprint density at radius 3 is 2.80 bits per heavy atom. The van der Waals surface area contributed by atoms with Crippen molar-refractivity contribution in [2.75, 3.05) is 6.54 Å². The number of hydrogen-bond acceptors (Lipinski definition) is 3. The van der Waals surface area contributed by atoms with Gasteiger partial charge in [0.05, 0.1) is 0 Å². The average molecular weight is 293 g/mol. The summed E-state index contributed by atoms with van der Waals surface area (Å²) in [5.74, 6) is -1.12. The zero-order valence-corrected chi connectivity index (χ0v) is 12.5. The van der Waals surface area contributed by atoms with E-state index in [-0.39, 0.29) is 11.8 Å². The van der Waals surface area contributed by atoms with Gasteiger partial charge < -0.3 is 10.0 Å². The Balaban J connectivity index is 2.10. The molecule has 0 aromatic carbocycles. The maximum Gasteiger partial charge on any atom is 0.326 e. The predicted molar refractivity (Wildman–Crippen MR) is 79.6 cm³/mol. The van der Waals surface area contributed by atoms with E-state index in [0.29, 0.717) is 6.54 Å². The van der Waals surface area contributed by atoms with Gasteiger partial charge in [0.25, 0.3) is 0 Å². The van der Waals surface area contributed by atoms with Crippen LogP contribution in [0.3, 0.4) is 0 Å². The number of aryl methyl sites for hydroxylation is 1. The number of carboxylic acid groups (broad SMARTS) is 1. The summed E-state index contributed by atoms with van der Waals surface area (Å²) in [5.41, 5.74) is 0. The highest BCUT2D eigenvalue weighted by atomic mass is 32.1. The van der Waals surface area contributed by atoms with Crippen LogP contribution in [0.25, 0.3) is 6.08 Å². The molecule has 1 N–H and O–H groups in total. The molecule has 20 heavy (non-hydrogen) atoms. The van der Waals surface area contributed by atoms with Crippen molar-refractivity contribution in [1.29, 1.82) is 0 Å². The molecule has 2 rings (SSSR count). The number of amides is 1. The number of nitrogens with zero attached hydrogens (tertiary/aromatic N) is 1. The van der Waals surface area contributed by atoms with Crippen molar-refractivity contribution in [2.24, 2.45) is 5.92 Å². The average Bonchev–Trinajstić information content (AvgIpc) is 2.81. The molecule has 4 nitrogen and oxygen atoms in total. The molecule has 5 heteroatoms. The van der Waals surface area contributed by atoms with Crippen molar-refractivity contribution >= 4 is 29.3 Å². The number of likely N-dealkylation sites (tertiary alicyclic amines) is 1. The molecule has 0 aliphatic carbocycles. The molecule has 1 fully saturated rings. The van der Waals surface area contributed by atoms with E-state index in [4.69, 9.17) is 0 Å². The van der Waals surface area contributed by atoms with Crippen LogP contribution in [0, 0.1) is 12.8 Å². The van der Waals surface area contributed by atoms with Gasteiger partial charge in [-0.3, -0.25) is 4.79 Å². The number of hydrogen-bond donors (Lipinski definition) is 1. The second-order valence-corrected chi connectivity index (χ2v) is 6.54. The Kier molecular flexibility index (Phi) is 4.60. The van der Waals surface area contributed by atoms with E-state index in [0.717, 1.165) is 17.7 Å². The van der Waals surface area contributed by atoms with Crippen molar-refractivity contribution < 1.29 is 14.7 Å². The van der Waals surface area contributed by atoms with Gasteiger partial charge in [0.2, 0.25) is 5.91 Å². The standard InChI is InChI=1S/C15H19NO3S/c1-10-4-3-9-16(14(10)15(18)19)13(17)8-7-12-6-5-11(2)20-12/h5-8,10,14H,3-4,9H2,1-2H3,(H,18,19)/b8-7+. The van der Waals surface area contributed by atoms with Crippen molar-refractivity contribution in [2.45, 2.75) is 32.7 Å². The van der Waals surface area contributed by atoms with E-state index < -0.39 is 12.0 Å². The zero-order chi connectivity index (χ0) is 14.7. The van der Waals surface area contributed by atoms with E-state index in [1.165, 1.54) is 15.9 Å². The van der Waals surface area contributed by atoms with Gasteiger partial charge in [-0.2, -0.15) is 0 Å². The number of aliphatic carboxylic acids is 1. The molecular weight excluding hydrogens is 274 g/mol. The number of carboxylic acids is 1. The highest BCUT2D eigenvalue weighted by Gasteiger charge is 2.36. The normalized spacial score (nSPS) is 23.2. The van der Waals surface area contributed by atoms with E-state index in [2.05, 4.69) is 0 Å². The molecule has 1 saturated heterocycles. The smallest absolute Gasteiger partial charge is 0.326 e. The summed E-state index contributed by atoms with van der Waals surface area (Å²) in [6.07, 6.45) is 4.97. The molecule has 0 saturated carbocycles. The Morgan fingerprint density at radius 1 is 1.45 bits per heavy atom. The topological polar surface area (TPSA) is 57.6 Å². The predicted octanol–water partition coefficient (Wildman–Crippen LogP) is 2.78. The van der Waals surface area contributed by atoms with Crippen LogP contribution in [-0.4, -0.2) is 34.5 Å². The molecule has 1 aromatic rings. The number of piperidine rings is 1. The van der Waals surface area contributed by atoms with Crippen molar-refractivity contribution in [3.05, 3.63) is 28.0 Å². The molecule has 0 bridgehead atoms. The molecular formula is C15H19NO3S. The Morgan fingerprint density at radius 2 is 2.20 bits per heavy atom. The highest BCUT2D eigenvalue weighted by molar-refractivity contribution is 7.12. The van der Waals surface area contributed by atoms with Gasteiger partial charge in [-0.1, -0.05) is 6.92 Å². The van der Waals surface area contributed by atoms with Crippen LogP contribution >= 0.6 is 11.3 Å². The first kappa shape index (κ1) is 14.8. The third-order valence-electron chi connectivity index (χ3n) is 3.62. The lowest BCUT2D eigenvalue weighted by Crippen LogP contribution is -2.51. The summed E-state index contributed by atoms with van der Waals surface area (Å²) in [5, 5.41) is 9.30. The number of carbonyl (C=O) groups excluding carboxylic acids is 1.